The summed E-state index contributed by atoms with van der Waals surface area (Å²) in [5.41, 5.74) is 3.75. The van der Waals surface area contributed by atoms with Crippen molar-refractivity contribution in [1.29, 1.82) is 0 Å². The average molecular weight is 327 g/mol. The van der Waals surface area contributed by atoms with E-state index in [9.17, 15) is 0 Å². The number of hydrogen-bond donors (Lipinski definition) is 0. The van der Waals surface area contributed by atoms with Crippen LogP contribution >= 0.6 is 0 Å². The van der Waals surface area contributed by atoms with Gasteiger partial charge in [0.15, 0.2) is 5.75 Å². The minimum absolute atomic E-state index is 0.579. The zero-order valence-electron chi connectivity index (χ0n) is 14.9. The maximum absolute atomic E-state index is 6.12. The third kappa shape index (κ3) is 2.79. The van der Waals surface area contributed by atoms with E-state index in [0.29, 0.717) is 12.0 Å². The Labute approximate surface area is 142 Å². The van der Waals surface area contributed by atoms with Crippen LogP contribution in [0, 0.1) is 27.7 Å². The quantitative estimate of drug-likeness (QED) is 0.790. The van der Waals surface area contributed by atoms with Crippen molar-refractivity contribution in [2.45, 2.75) is 59.0 Å². The smallest absolute Gasteiger partial charge is 0.251 e. The van der Waals surface area contributed by atoms with Gasteiger partial charge in [-0.15, -0.1) is 0 Å². The molecule has 3 heterocycles. The van der Waals surface area contributed by atoms with E-state index in [1.165, 1.54) is 25.8 Å². The van der Waals surface area contributed by atoms with Gasteiger partial charge in [0.2, 0.25) is 0 Å². The summed E-state index contributed by atoms with van der Waals surface area (Å²) in [5, 5.41) is 4.60. The number of ether oxygens (including phenoxy) is 1. The molecule has 0 aromatic carbocycles. The van der Waals surface area contributed by atoms with Gasteiger partial charge >= 0.3 is 0 Å². The minimum atomic E-state index is 0.579. The van der Waals surface area contributed by atoms with Crippen LogP contribution in [0.1, 0.15) is 42.0 Å². The first-order valence-electron chi connectivity index (χ1n) is 8.80. The second-order valence-electron chi connectivity index (χ2n) is 7.11. The summed E-state index contributed by atoms with van der Waals surface area (Å²) in [6.07, 6.45) is 4.10. The lowest BCUT2D eigenvalue weighted by Gasteiger charge is -2.27. The van der Waals surface area contributed by atoms with Crippen molar-refractivity contribution in [2.24, 2.45) is 0 Å². The van der Waals surface area contributed by atoms with E-state index in [1.807, 2.05) is 33.8 Å². The van der Waals surface area contributed by atoms with Gasteiger partial charge < -0.3 is 4.74 Å². The fourth-order valence-corrected chi connectivity index (χ4v) is 3.52. The predicted molar refractivity (Wildman–Crippen MR) is 91.7 cm³/mol. The Morgan fingerprint density at radius 1 is 1.12 bits per heavy atom. The standard InChI is InChI=1S/C18H25N5O/c1-11-8-12(2)20-18(19-11)23-14(4)17(13(3)21-23)24-10-16-9-22(16)15-6-5-7-15/h8,15-16H,5-7,9-10H2,1-4H3. The summed E-state index contributed by atoms with van der Waals surface area (Å²) in [7, 11) is 0. The van der Waals surface area contributed by atoms with Crippen LogP contribution in [0.25, 0.3) is 5.95 Å². The molecule has 2 fully saturated rings. The van der Waals surface area contributed by atoms with E-state index < -0.39 is 0 Å². The van der Waals surface area contributed by atoms with Crippen molar-refractivity contribution in [3.63, 3.8) is 0 Å². The molecule has 1 aliphatic heterocycles. The third-order valence-corrected chi connectivity index (χ3v) is 5.11. The molecule has 0 spiro atoms. The summed E-state index contributed by atoms with van der Waals surface area (Å²) < 4.78 is 7.92. The van der Waals surface area contributed by atoms with Gasteiger partial charge in [0, 0.05) is 24.0 Å². The normalized spacial score (nSPS) is 23.2. The zero-order chi connectivity index (χ0) is 16.8. The molecule has 0 radical (unpaired) electrons. The molecule has 2 aliphatic rings. The van der Waals surface area contributed by atoms with E-state index in [1.54, 1.807) is 4.68 Å². The van der Waals surface area contributed by atoms with Crippen LogP contribution in [0.4, 0.5) is 0 Å². The summed E-state index contributed by atoms with van der Waals surface area (Å²) in [5.74, 6) is 1.49. The molecule has 2 unspecified atom stereocenters. The molecule has 128 valence electrons. The molecule has 2 aromatic rings. The molecular formula is C18H25N5O. The Kier molecular flexibility index (Phi) is 3.79. The van der Waals surface area contributed by atoms with Gasteiger partial charge in [-0.3, -0.25) is 4.90 Å². The van der Waals surface area contributed by atoms with E-state index in [0.717, 1.165) is 41.2 Å². The number of aromatic nitrogens is 4. The van der Waals surface area contributed by atoms with Crippen molar-refractivity contribution < 1.29 is 4.74 Å². The van der Waals surface area contributed by atoms with Crippen molar-refractivity contribution >= 4 is 0 Å². The molecule has 0 N–H and O–H groups in total. The SMILES string of the molecule is Cc1cc(C)nc(-n2nc(C)c(OCC3CN3C3CCC3)c2C)n1. The second-order valence-corrected chi connectivity index (χ2v) is 7.11. The van der Waals surface area contributed by atoms with E-state index >= 15 is 0 Å². The first kappa shape index (κ1) is 15.6. The van der Waals surface area contributed by atoms with Gasteiger partial charge in [-0.1, -0.05) is 6.42 Å². The lowest BCUT2D eigenvalue weighted by atomic mass is 9.93. The second kappa shape index (κ2) is 5.84. The largest absolute Gasteiger partial charge is 0.488 e. The van der Waals surface area contributed by atoms with E-state index in [2.05, 4.69) is 20.0 Å². The molecule has 1 aliphatic carbocycles. The Hall–Kier alpha value is -1.95. The number of rotatable bonds is 5. The predicted octanol–water partition coefficient (Wildman–Crippen LogP) is 2.51. The summed E-state index contributed by atoms with van der Waals surface area (Å²) in [6.45, 7) is 9.88. The molecule has 6 heteroatoms. The lowest BCUT2D eigenvalue weighted by Crippen LogP contribution is -2.29. The van der Waals surface area contributed by atoms with Crippen molar-refractivity contribution in [2.75, 3.05) is 13.2 Å². The Balaban J connectivity index is 1.49. The van der Waals surface area contributed by atoms with Gasteiger partial charge in [-0.2, -0.15) is 9.78 Å². The molecular weight excluding hydrogens is 302 g/mol. The summed E-state index contributed by atoms with van der Waals surface area (Å²) in [6, 6.07) is 3.36. The molecule has 24 heavy (non-hydrogen) atoms. The highest BCUT2D eigenvalue weighted by Crippen LogP contribution is 2.34. The highest BCUT2D eigenvalue weighted by Gasteiger charge is 2.42. The van der Waals surface area contributed by atoms with Crippen LogP contribution in [0.15, 0.2) is 6.07 Å². The molecule has 2 atom stereocenters. The third-order valence-electron chi connectivity index (χ3n) is 5.11. The first-order chi connectivity index (χ1) is 11.5. The zero-order valence-corrected chi connectivity index (χ0v) is 14.9. The maximum atomic E-state index is 6.12. The Bertz CT molecular complexity index is 745. The highest BCUT2D eigenvalue weighted by molar-refractivity contribution is 5.36. The molecule has 6 nitrogen and oxygen atoms in total. The van der Waals surface area contributed by atoms with Gasteiger partial charge in [-0.25, -0.2) is 9.97 Å². The van der Waals surface area contributed by atoms with Crippen LogP contribution in [0.2, 0.25) is 0 Å². The Morgan fingerprint density at radius 3 is 2.46 bits per heavy atom. The van der Waals surface area contributed by atoms with E-state index in [-0.39, 0.29) is 0 Å². The fourth-order valence-electron chi connectivity index (χ4n) is 3.52. The number of aryl methyl sites for hydroxylation is 3. The van der Waals surface area contributed by atoms with Crippen molar-refractivity contribution in [3.8, 4) is 11.7 Å². The molecule has 1 saturated heterocycles. The molecule has 4 rings (SSSR count). The summed E-state index contributed by atoms with van der Waals surface area (Å²) >= 11 is 0. The van der Waals surface area contributed by atoms with Gasteiger partial charge in [0.05, 0.1) is 11.7 Å². The highest BCUT2D eigenvalue weighted by atomic mass is 16.5. The van der Waals surface area contributed by atoms with Crippen LogP contribution in [-0.4, -0.2) is 49.9 Å². The molecule has 0 bridgehead atoms. The monoisotopic (exact) mass is 327 g/mol. The van der Waals surface area contributed by atoms with Gasteiger partial charge in [0.1, 0.15) is 12.3 Å². The van der Waals surface area contributed by atoms with E-state index in [4.69, 9.17) is 4.74 Å². The Morgan fingerprint density at radius 2 is 1.83 bits per heavy atom. The van der Waals surface area contributed by atoms with Crippen LogP contribution in [0.3, 0.4) is 0 Å². The first-order valence-corrected chi connectivity index (χ1v) is 8.80. The summed E-state index contributed by atoms with van der Waals surface area (Å²) in [4.78, 5) is 11.6. The topological polar surface area (TPSA) is 55.8 Å². The van der Waals surface area contributed by atoms with Crippen LogP contribution in [0.5, 0.6) is 5.75 Å². The molecule has 1 saturated carbocycles. The molecule has 0 amide bonds. The maximum Gasteiger partial charge on any atom is 0.251 e. The minimum Gasteiger partial charge on any atom is -0.488 e. The fraction of sp³-hybridized carbons (Fsp3) is 0.611. The van der Waals surface area contributed by atoms with Crippen LogP contribution in [-0.2, 0) is 0 Å². The van der Waals surface area contributed by atoms with Crippen molar-refractivity contribution in [3.05, 3.63) is 28.8 Å². The number of nitrogens with zero attached hydrogens (tertiary/aromatic N) is 5. The number of hydrogen-bond acceptors (Lipinski definition) is 5. The molecule has 2 aromatic heterocycles. The van der Waals surface area contributed by atoms with Crippen LogP contribution < -0.4 is 4.74 Å². The van der Waals surface area contributed by atoms with Gasteiger partial charge in [-0.05, 0) is 46.6 Å². The average Bonchev–Trinajstić information content (AvgIpc) is 3.14. The van der Waals surface area contributed by atoms with Gasteiger partial charge in [0.25, 0.3) is 5.95 Å². The lowest BCUT2D eigenvalue weighted by molar-refractivity contribution is 0.214. The van der Waals surface area contributed by atoms with Crippen molar-refractivity contribution in [1.82, 2.24) is 24.6 Å².